The first-order valence-electron chi connectivity index (χ1n) is 8.38. The van der Waals surface area contributed by atoms with Crippen molar-refractivity contribution in [3.63, 3.8) is 0 Å². The van der Waals surface area contributed by atoms with Gasteiger partial charge in [0.2, 0.25) is 0 Å². The van der Waals surface area contributed by atoms with E-state index >= 15 is 0 Å². The minimum Gasteiger partial charge on any atom is -0.493 e. The third kappa shape index (κ3) is 3.41. The fraction of sp³-hybridized carbons (Fsp3) is 0.667. The fourth-order valence-corrected chi connectivity index (χ4v) is 3.51. The van der Waals surface area contributed by atoms with Crippen LogP contribution in [0.2, 0.25) is 0 Å². The quantitative estimate of drug-likeness (QED) is 0.900. The highest BCUT2D eigenvalue weighted by Crippen LogP contribution is 2.34. The van der Waals surface area contributed by atoms with Crippen LogP contribution in [0, 0.1) is 5.92 Å². The summed E-state index contributed by atoms with van der Waals surface area (Å²) in [6.07, 6.45) is 4.97. The molecule has 2 aliphatic heterocycles. The van der Waals surface area contributed by atoms with Gasteiger partial charge in [-0.25, -0.2) is 0 Å². The highest BCUT2D eigenvalue weighted by atomic mass is 16.5. The molecule has 0 amide bonds. The first kappa shape index (κ1) is 14.9. The molecule has 0 radical (unpaired) electrons. The van der Waals surface area contributed by atoms with Crippen molar-refractivity contribution < 1.29 is 9.47 Å². The van der Waals surface area contributed by atoms with Crippen molar-refractivity contribution in [3.05, 3.63) is 29.3 Å². The third-order valence-electron chi connectivity index (χ3n) is 4.61. The van der Waals surface area contributed by atoms with E-state index in [9.17, 15) is 0 Å². The molecular formula is C18H27NO2. The molecule has 3 atom stereocenters. The van der Waals surface area contributed by atoms with Crippen LogP contribution in [0.3, 0.4) is 0 Å². The number of ether oxygens (including phenoxy) is 2. The lowest BCUT2D eigenvalue weighted by Crippen LogP contribution is -2.29. The van der Waals surface area contributed by atoms with Gasteiger partial charge in [-0.3, -0.25) is 0 Å². The smallest absolute Gasteiger partial charge is 0.122 e. The first-order valence-corrected chi connectivity index (χ1v) is 8.38. The van der Waals surface area contributed by atoms with Gasteiger partial charge in [-0.05, 0) is 56.3 Å². The van der Waals surface area contributed by atoms with E-state index in [0.29, 0.717) is 18.1 Å². The van der Waals surface area contributed by atoms with Crippen LogP contribution in [0.4, 0.5) is 0 Å². The van der Waals surface area contributed by atoms with Crippen molar-refractivity contribution in [2.24, 2.45) is 5.92 Å². The Kier molecular flexibility index (Phi) is 4.81. The second-order valence-electron chi connectivity index (χ2n) is 6.39. The van der Waals surface area contributed by atoms with Gasteiger partial charge in [-0.15, -0.1) is 0 Å². The van der Waals surface area contributed by atoms with Gasteiger partial charge in [0.1, 0.15) is 5.75 Å². The summed E-state index contributed by atoms with van der Waals surface area (Å²) >= 11 is 0. The van der Waals surface area contributed by atoms with E-state index in [1.165, 1.54) is 11.1 Å². The van der Waals surface area contributed by atoms with Crippen LogP contribution < -0.4 is 10.1 Å². The molecule has 0 spiro atoms. The molecule has 3 unspecified atom stereocenters. The topological polar surface area (TPSA) is 30.5 Å². The van der Waals surface area contributed by atoms with E-state index in [2.05, 4.69) is 37.4 Å². The number of fused-ring (bicyclic) bond motifs is 1. The molecule has 2 heterocycles. The van der Waals surface area contributed by atoms with Crippen LogP contribution in [0.5, 0.6) is 5.75 Å². The van der Waals surface area contributed by atoms with Gasteiger partial charge in [-0.1, -0.05) is 19.1 Å². The van der Waals surface area contributed by atoms with Gasteiger partial charge >= 0.3 is 0 Å². The van der Waals surface area contributed by atoms with Crippen molar-refractivity contribution in [1.29, 1.82) is 0 Å². The molecule has 1 saturated heterocycles. The van der Waals surface area contributed by atoms with Crippen LogP contribution >= 0.6 is 0 Å². The zero-order valence-corrected chi connectivity index (χ0v) is 13.2. The molecule has 3 rings (SSSR count). The Morgan fingerprint density at radius 1 is 1.38 bits per heavy atom. The SMILES string of the molecule is CCCNC(c1ccc2c(c1)CCCO2)C1COC(C)C1. The molecule has 0 aliphatic carbocycles. The van der Waals surface area contributed by atoms with Gasteiger partial charge in [0.15, 0.2) is 0 Å². The Hall–Kier alpha value is -1.06. The molecule has 1 aromatic rings. The zero-order valence-electron chi connectivity index (χ0n) is 13.2. The monoisotopic (exact) mass is 289 g/mol. The lowest BCUT2D eigenvalue weighted by Gasteiger charge is -2.26. The molecule has 3 heteroatoms. The van der Waals surface area contributed by atoms with E-state index in [1.807, 2.05) is 0 Å². The maximum Gasteiger partial charge on any atom is 0.122 e. The Morgan fingerprint density at radius 3 is 3.05 bits per heavy atom. The molecule has 1 N–H and O–H groups in total. The minimum absolute atomic E-state index is 0.391. The number of aryl methyl sites for hydroxylation is 1. The fourth-order valence-electron chi connectivity index (χ4n) is 3.51. The number of hydrogen-bond donors (Lipinski definition) is 1. The van der Waals surface area contributed by atoms with E-state index in [4.69, 9.17) is 9.47 Å². The Morgan fingerprint density at radius 2 is 2.29 bits per heavy atom. The first-order chi connectivity index (χ1) is 10.3. The molecule has 0 aromatic heterocycles. The second kappa shape index (κ2) is 6.80. The van der Waals surface area contributed by atoms with Gasteiger partial charge in [0.05, 0.1) is 19.3 Å². The van der Waals surface area contributed by atoms with Crippen LogP contribution in [-0.2, 0) is 11.2 Å². The molecule has 1 aromatic carbocycles. The third-order valence-corrected chi connectivity index (χ3v) is 4.61. The zero-order chi connectivity index (χ0) is 14.7. The maximum atomic E-state index is 5.80. The molecule has 2 aliphatic rings. The second-order valence-corrected chi connectivity index (χ2v) is 6.39. The predicted octanol–water partition coefficient (Wildman–Crippen LogP) is 3.48. The normalized spacial score (nSPS) is 26.2. The Labute approximate surface area is 128 Å². The summed E-state index contributed by atoms with van der Waals surface area (Å²) < 4.78 is 11.5. The van der Waals surface area contributed by atoms with Gasteiger partial charge in [-0.2, -0.15) is 0 Å². The van der Waals surface area contributed by atoms with E-state index in [0.717, 1.165) is 51.2 Å². The lowest BCUT2D eigenvalue weighted by molar-refractivity contribution is 0.117. The van der Waals surface area contributed by atoms with E-state index in [1.54, 1.807) is 0 Å². The van der Waals surface area contributed by atoms with Gasteiger partial charge < -0.3 is 14.8 Å². The Balaban J connectivity index is 1.81. The lowest BCUT2D eigenvalue weighted by atomic mass is 9.89. The van der Waals surface area contributed by atoms with Crippen molar-refractivity contribution >= 4 is 0 Å². The van der Waals surface area contributed by atoms with Gasteiger partial charge in [0, 0.05) is 12.0 Å². The largest absolute Gasteiger partial charge is 0.493 e. The molecular weight excluding hydrogens is 262 g/mol. The standard InChI is InChI=1S/C18H27NO2/c1-3-8-19-18(16-10-13(2)21-12-16)15-6-7-17-14(11-15)5-4-9-20-17/h6-7,11,13,16,18-19H,3-5,8-10,12H2,1-2H3. The van der Waals surface area contributed by atoms with E-state index < -0.39 is 0 Å². The number of hydrogen-bond acceptors (Lipinski definition) is 3. The van der Waals surface area contributed by atoms with E-state index in [-0.39, 0.29) is 0 Å². The minimum atomic E-state index is 0.391. The average molecular weight is 289 g/mol. The predicted molar refractivity (Wildman–Crippen MR) is 84.8 cm³/mol. The average Bonchev–Trinajstić information content (AvgIpc) is 2.94. The number of nitrogens with one attached hydrogen (secondary N) is 1. The molecule has 1 fully saturated rings. The summed E-state index contributed by atoms with van der Waals surface area (Å²) in [5.74, 6) is 1.66. The summed E-state index contributed by atoms with van der Waals surface area (Å²) in [5.41, 5.74) is 2.77. The van der Waals surface area contributed by atoms with Crippen molar-refractivity contribution in [3.8, 4) is 5.75 Å². The van der Waals surface area contributed by atoms with Crippen molar-refractivity contribution in [2.75, 3.05) is 19.8 Å². The van der Waals surface area contributed by atoms with Crippen LogP contribution in [0.25, 0.3) is 0 Å². The Bertz CT molecular complexity index is 474. The summed E-state index contributed by atoms with van der Waals surface area (Å²) in [7, 11) is 0. The molecule has 0 bridgehead atoms. The van der Waals surface area contributed by atoms with Crippen LogP contribution in [0.1, 0.15) is 50.3 Å². The number of rotatable bonds is 5. The molecule has 116 valence electrons. The van der Waals surface area contributed by atoms with Crippen LogP contribution in [-0.4, -0.2) is 25.9 Å². The van der Waals surface area contributed by atoms with Crippen molar-refractivity contribution in [1.82, 2.24) is 5.32 Å². The molecule has 3 nitrogen and oxygen atoms in total. The van der Waals surface area contributed by atoms with Crippen LogP contribution in [0.15, 0.2) is 18.2 Å². The van der Waals surface area contributed by atoms with Crippen molar-refractivity contribution in [2.45, 2.75) is 51.7 Å². The summed E-state index contributed by atoms with van der Waals surface area (Å²) in [6.45, 7) is 7.19. The molecule has 0 saturated carbocycles. The maximum absolute atomic E-state index is 5.80. The van der Waals surface area contributed by atoms with Gasteiger partial charge in [0.25, 0.3) is 0 Å². The highest BCUT2D eigenvalue weighted by molar-refractivity contribution is 5.40. The highest BCUT2D eigenvalue weighted by Gasteiger charge is 2.30. The molecule has 21 heavy (non-hydrogen) atoms. The number of benzene rings is 1. The summed E-state index contributed by atoms with van der Waals surface area (Å²) in [4.78, 5) is 0. The summed E-state index contributed by atoms with van der Waals surface area (Å²) in [6, 6.07) is 7.15. The summed E-state index contributed by atoms with van der Waals surface area (Å²) in [5, 5.41) is 3.73.